The van der Waals surface area contributed by atoms with Gasteiger partial charge in [0.25, 0.3) is 0 Å². The quantitative estimate of drug-likeness (QED) is 0.162. The summed E-state index contributed by atoms with van der Waals surface area (Å²) in [5.74, 6) is -5.13. The normalized spacial score (nSPS) is 23.3. The summed E-state index contributed by atoms with van der Waals surface area (Å²) in [6.45, 7) is 9.91. The number of carboxylic acid groups (broad SMARTS) is 1. The first-order valence-corrected chi connectivity index (χ1v) is 17.7. The summed E-state index contributed by atoms with van der Waals surface area (Å²) in [6.07, 6.45) is -1.32. The zero-order valence-electron chi connectivity index (χ0n) is 29.4. The number of nitrogens with one attached hydrogen (secondary N) is 7. The Balaban J connectivity index is 1.79. The fourth-order valence-corrected chi connectivity index (χ4v) is 6.91. The molecular weight excluding hydrogens is 680 g/mol. The van der Waals surface area contributed by atoms with Crippen LogP contribution in [0.3, 0.4) is 0 Å². The van der Waals surface area contributed by atoms with E-state index in [1.807, 2.05) is 26.0 Å². The number of fused-ring (bicyclic) bond motifs is 3. The minimum atomic E-state index is -1.53. The van der Waals surface area contributed by atoms with Crippen molar-refractivity contribution in [2.24, 2.45) is 5.92 Å². The molecule has 2 aromatic heterocycles. The van der Waals surface area contributed by atoms with Crippen LogP contribution in [0.25, 0.3) is 10.9 Å². The van der Waals surface area contributed by atoms with E-state index in [0.29, 0.717) is 33.1 Å². The van der Waals surface area contributed by atoms with Crippen LogP contribution in [0.2, 0.25) is 0 Å². The number of para-hydroxylation sites is 1. The van der Waals surface area contributed by atoms with Gasteiger partial charge < -0.3 is 41.8 Å². The summed E-state index contributed by atoms with van der Waals surface area (Å²) in [4.78, 5) is 83.1. The van der Waals surface area contributed by atoms with Crippen LogP contribution < -0.4 is 26.6 Å². The second kappa shape index (κ2) is 16.9. The zero-order chi connectivity index (χ0) is 37.6. The number of aliphatic hydroxyl groups excluding tert-OH is 1. The van der Waals surface area contributed by atoms with Crippen molar-refractivity contribution in [2.75, 3.05) is 5.75 Å². The van der Waals surface area contributed by atoms with Crippen molar-refractivity contribution in [2.45, 2.75) is 102 Å². The number of aliphatic hydroxyl groups is 1. The molecule has 0 spiro atoms. The first-order valence-electron chi connectivity index (χ1n) is 16.7. The van der Waals surface area contributed by atoms with Crippen molar-refractivity contribution >= 4 is 58.2 Å². The van der Waals surface area contributed by atoms with Gasteiger partial charge in [-0.15, -0.1) is 11.8 Å². The molecule has 3 heterocycles. The number of aromatic amines is 2. The number of benzene rings is 1. The van der Waals surface area contributed by atoms with E-state index >= 15 is 0 Å². The number of aliphatic carboxylic acids is 1. The van der Waals surface area contributed by atoms with E-state index < -0.39 is 71.8 Å². The van der Waals surface area contributed by atoms with Gasteiger partial charge in [0, 0.05) is 34.3 Å². The van der Waals surface area contributed by atoms with E-state index in [0.717, 1.165) is 17.1 Å². The maximum absolute atomic E-state index is 14.2. The third kappa shape index (κ3) is 9.88. The molecule has 51 heavy (non-hydrogen) atoms. The Kier molecular flexibility index (Phi) is 12.9. The van der Waals surface area contributed by atoms with E-state index in [1.54, 1.807) is 26.0 Å². The number of carbonyl (C=O) groups is 6. The lowest BCUT2D eigenvalue weighted by molar-refractivity contribution is -0.142. The molecule has 1 aromatic carbocycles. The van der Waals surface area contributed by atoms with E-state index in [1.165, 1.54) is 13.8 Å². The van der Waals surface area contributed by atoms with Crippen LogP contribution in [0.15, 0.2) is 29.3 Å². The highest BCUT2D eigenvalue weighted by molar-refractivity contribution is 7.99. The number of hydrogen-bond acceptors (Lipinski definition) is 9. The van der Waals surface area contributed by atoms with Crippen molar-refractivity contribution in [3.63, 3.8) is 0 Å². The van der Waals surface area contributed by atoms with Crippen LogP contribution in [0.5, 0.6) is 0 Å². The van der Waals surface area contributed by atoms with E-state index in [9.17, 15) is 39.0 Å². The van der Waals surface area contributed by atoms with Gasteiger partial charge in [-0.2, -0.15) is 5.10 Å². The molecule has 16 nitrogen and oxygen atoms in total. The number of aryl methyl sites for hydroxylation is 2. The first-order chi connectivity index (χ1) is 24.0. The number of H-pyrrole nitrogens is 2. The maximum Gasteiger partial charge on any atom is 0.327 e. The molecule has 0 radical (unpaired) electrons. The molecule has 9 N–H and O–H groups in total. The average Bonchev–Trinajstić information content (AvgIpc) is 3.57. The van der Waals surface area contributed by atoms with E-state index in [-0.39, 0.29) is 30.9 Å². The van der Waals surface area contributed by atoms with Gasteiger partial charge in [0.2, 0.25) is 29.5 Å². The van der Waals surface area contributed by atoms with E-state index in [2.05, 4.69) is 41.8 Å². The highest BCUT2D eigenvalue weighted by Crippen LogP contribution is 2.31. The predicted molar refractivity (Wildman–Crippen MR) is 189 cm³/mol. The summed E-state index contributed by atoms with van der Waals surface area (Å²) in [7, 11) is 0. The molecule has 0 saturated carbocycles. The average molecular weight is 727 g/mol. The summed E-state index contributed by atoms with van der Waals surface area (Å²) in [6, 6.07) is 0.765. The lowest BCUT2D eigenvalue weighted by atomic mass is 10.00. The Morgan fingerprint density at radius 1 is 0.980 bits per heavy atom. The Morgan fingerprint density at radius 2 is 1.69 bits per heavy atom. The molecule has 0 bridgehead atoms. The zero-order valence-corrected chi connectivity index (χ0v) is 30.2. The van der Waals surface area contributed by atoms with Crippen LogP contribution in [0, 0.1) is 19.8 Å². The summed E-state index contributed by atoms with van der Waals surface area (Å²) >= 11 is 1.08. The van der Waals surface area contributed by atoms with Crippen LogP contribution in [-0.4, -0.2) is 103 Å². The summed E-state index contributed by atoms with van der Waals surface area (Å²) in [5, 5.41) is 41.6. The van der Waals surface area contributed by atoms with Gasteiger partial charge in [-0.3, -0.25) is 29.1 Å². The highest BCUT2D eigenvalue weighted by Gasteiger charge is 2.34. The van der Waals surface area contributed by atoms with Crippen LogP contribution in [0.4, 0.5) is 0 Å². The predicted octanol–water partition coefficient (Wildman–Crippen LogP) is 0.354. The molecule has 0 unspecified atom stereocenters. The van der Waals surface area contributed by atoms with Gasteiger partial charge in [0.1, 0.15) is 30.2 Å². The SMILES string of the molecule is Cc1n[nH]c(C)c1CC(=O)N[C@H]1Cc2c([nH]c3ccccc23)SC[C@@H](C(=O)O)NC(=O)[C@H]([C@@H](C)O)NC(=O)[C@@H](C)NC(=O)[C@H](CC(C)C)NC1=O. The number of amides is 5. The van der Waals surface area contributed by atoms with Crippen molar-refractivity contribution in [1.82, 2.24) is 41.8 Å². The molecule has 0 aliphatic carbocycles. The van der Waals surface area contributed by atoms with Gasteiger partial charge in [0.05, 0.1) is 23.2 Å². The van der Waals surface area contributed by atoms with Crippen LogP contribution in [-0.2, 0) is 41.6 Å². The van der Waals surface area contributed by atoms with Crippen molar-refractivity contribution in [3.8, 4) is 0 Å². The van der Waals surface area contributed by atoms with Gasteiger partial charge in [-0.05, 0) is 51.7 Å². The fraction of sp³-hybridized carbons (Fsp3) is 0.500. The highest BCUT2D eigenvalue weighted by atomic mass is 32.2. The molecule has 0 saturated heterocycles. The van der Waals surface area contributed by atoms with Gasteiger partial charge >= 0.3 is 5.97 Å². The number of thioether (sulfide) groups is 1. The molecule has 5 amide bonds. The fourth-order valence-electron chi connectivity index (χ4n) is 5.80. The topological polar surface area (TPSA) is 247 Å². The standard InChI is InChI=1S/C34H46N8O8S/c1-15(2)11-24-30(46)35-18(5)29(45)40-28(19(6)43)32(48)38-26(34(49)50)14-51-33-22(20-9-7-8-10-23(20)39-33)12-25(31(47)37-24)36-27(44)13-21-16(3)41-42-17(21)4/h7-10,15,18-19,24-26,28,39,43H,11-14H2,1-6H3,(H,35,46)(H,36,44)(H,37,47)(H,38,48)(H,40,45)(H,41,42)(H,49,50)/t18-,19-,24+,25+,26+,28+/m1/s1. The molecule has 1 aliphatic heterocycles. The van der Waals surface area contributed by atoms with Gasteiger partial charge in [0.15, 0.2) is 0 Å². The number of carboxylic acids is 1. The molecule has 0 fully saturated rings. The van der Waals surface area contributed by atoms with Crippen LogP contribution >= 0.6 is 11.8 Å². The van der Waals surface area contributed by atoms with E-state index in [4.69, 9.17) is 0 Å². The lowest BCUT2D eigenvalue weighted by Gasteiger charge is -2.27. The number of carbonyl (C=O) groups excluding carboxylic acids is 5. The third-order valence-corrected chi connectivity index (χ3v) is 9.75. The molecule has 17 heteroatoms. The van der Waals surface area contributed by atoms with Gasteiger partial charge in [-0.1, -0.05) is 32.0 Å². The number of aromatic nitrogens is 3. The summed E-state index contributed by atoms with van der Waals surface area (Å²) < 4.78 is 0. The monoisotopic (exact) mass is 726 g/mol. The Hall–Kier alpha value is -4.90. The number of hydrogen-bond donors (Lipinski definition) is 9. The van der Waals surface area contributed by atoms with Crippen LogP contribution in [0.1, 0.15) is 56.6 Å². The summed E-state index contributed by atoms with van der Waals surface area (Å²) in [5.41, 5.74) is 3.32. The Bertz CT molecular complexity index is 1770. The minimum absolute atomic E-state index is 0.0453. The van der Waals surface area contributed by atoms with Crippen molar-refractivity contribution in [1.29, 1.82) is 0 Å². The number of rotatable bonds is 7. The Morgan fingerprint density at radius 3 is 2.31 bits per heavy atom. The molecular formula is C34H46N8O8S. The third-order valence-electron chi connectivity index (χ3n) is 8.62. The second-order valence-electron chi connectivity index (χ2n) is 13.3. The smallest absolute Gasteiger partial charge is 0.327 e. The molecule has 276 valence electrons. The van der Waals surface area contributed by atoms with Crippen molar-refractivity contribution in [3.05, 3.63) is 46.8 Å². The number of nitrogens with zero attached hydrogens (tertiary/aromatic N) is 1. The van der Waals surface area contributed by atoms with Gasteiger partial charge in [-0.25, -0.2) is 4.79 Å². The molecule has 4 rings (SSSR count). The Labute approximate surface area is 299 Å². The molecule has 6 atom stereocenters. The lowest BCUT2D eigenvalue weighted by Crippen LogP contribution is -2.60. The minimum Gasteiger partial charge on any atom is -0.480 e. The largest absolute Gasteiger partial charge is 0.480 e. The first kappa shape index (κ1) is 38.9. The molecule has 1 aliphatic rings. The van der Waals surface area contributed by atoms with Crippen molar-refractivity contribution < 1.29 is 39.0 Å². The molecule has 3 aromatic rings. The maximum atomic E-state index is 14.2. The second-order valence-corrected chi connectivity index (χ2v) is 14.3.